The Morgan fingerprint density at radius 3 is 1.98 bits per heavy atom. The summed E-state index contributed by atoms with van der Waals surface area (Å²) in [6.07, 6.45) is 3.28. The van der Waals surface area contributed by atoms with Gasteiger partial charge in [-0.25, -0.2) is 4.79 Å². The van der Waals surface area contributed by atoms with Gasteiger partial charge in [0.2, 0.25) is 5.91 Å². The van der Waals surface area contributed by atoms with E-state index in [1.165, 1.54) is 26.0 Å². The minimum atomic E-state index is -0.616. The number of carbonyl (C=O) groups excluding carboxylic acids is 4. The zero-order valence-corrected chi connectivity index (χ0v) is 31.0. The standard InChI is InChI=1S/C43H41N3O7S/c1-4-5-26-53-43(50)32-17-19-33(20-18-32)45-42(49)39(30-12-8-6-9-13-30)54-35-23-21-34(22-24-35)44-41(48)36(46-40(47)31-14-10-7-11-15-31)27-29-16-25-37(51-2)38(28-29)52-3/h6-25,27-28,39H,4-5,26H2,1-3H3,(H,44,48)(H,45,49)(H,46,47)/b36-27-. The fraction of sp³-hybridized carbons (Fsp3) is 0.163. The number of carbonyl (C=O) groups is 4. The van der Waals surface area contributed by atoms with Gasteiger partial charge in [-0.1, -0.05) is 67.9 Å². The van der Waals surface area contributed by atoms with Gasteiger partial charge in [0.15, 0.2) is 11.5 Å². The molecule has 5 aromatic carbocycles. The molecule has 0 spiro atoms. The van der Waals surface area contributed by atoms with E-state index in [9.17, 15) is 19.2 Å². The van der Waals surface area contributed by atoms with Gasteiger partial charge in [-0.2, -0.15) is 0 Å². The van der Waals surface area contributed by atoms with Gasteiger partial charge in [-0.15, -0.1) is 11.8 Å². The first-order valence-electron chi connectivity index (χ1n) is 17.3. The molecular formula is C43H41N3O7S. The third-order valence-electron chi connectivity index (χ3n) is 8.07. The van der Waals surface area contributed by atoms with Gasteiger partial charge in [0.25, 0.3) is 11.8 Å². The minimum absolute atomic E-state index is 0.0109. The molecule has 276 valence electrons. The summed E-state index contributed by atoms with van der Waals surface area (Å²) in [6, 6.07) is 36.8. The minimum Gasteiger partial charge on any atom is -0.493 e. The number of unbranched alkanes of at least 4 members (excludes halogenated alkanes) is 1. The Balaban J connectivity index is 1.31. The molecule has 10 nitrogen and oxygen atoms in total. The number of nitrogens with one attached hydrogen (secondary N) is 3. The molecule has 0 saturated carbocycles. The van der Waals surface area contributed by atoms with Crippen molar-refractivity contribution in [2.45, 2.75) is 29.9 Å². The van der Waals surface area contributed by atoms with Gasteiger partial charge in [0.1, 0.15) is 10.9 Å². The van der Waals surface area contributed by atoms with Crippen LogP contribution in [0.4, 0.5) is 11.4 Å². The molecule has 54 heavy (non-hydrogen) atoms. The fourth-order valence-electron chi connectivity index (χ4n) is 5.19. The van der Waals surface area contributed by atoms with E-state index < -0.39 is 23.0 Å². The molecule has 5 aromatic rings. The Labute approximate surface area is 318 Å². The van der Waals surface area contributed by atoms with Crippen molar-refractivity contribution in [2.24, 2.45) is 0 Å². The predicted molar refractivity (Wildman–Crippen MR) is 212 cm³/mol. The van der Waals surface area contributed by atoms with Crippen LogP contribution in [0.5, 0.6) is 11.5 Å². The quantitative estimate of drug-likeness (QED) is 0.0397. The Kier molecular flexibility index (Phi) is 14.0. The lowest BCUT2D eigenvalue weighted by Gasteiger charge is -2.18. The van der Waals surface area contributed by atoms with E-state index in [-0.39, 0.29) is 11.6 Å². The first kappa shape index (κ1) is 38.9. The summed E-state index contributed by atoms with van der Waals surface area (Å²) >= 11 is 1.35. The molecule has 0 heterocycles. The van der Waals surface area contributed by atoms with Crippen molar-refractivity contribution in [3.63, 3.8) is 0 Å². The summed E-state index contributed by atoms with van der Waals surface area (Å²) in [5, 5.41) is 7.96. The second-order valence-electron chi connectivity index (χ2n) is 11.9. The highest BCUT2D eigenvalue weighted by atomic mass is 32.2. The van der Waals surface area contributed by atoms with Crippen LogP contribution in [0.1, 0.15) is 56.9 Å². The van der Waals surface area contributed by atoms with Crippen LogP contribution in [0, 0.1) is 0 Å². The van der Waals surface area contributed by atoms with Crippen LogP contribution in [-0.4, -0.2) is 44.5 Å². The average molecular weight is 744 g/mol. The van der Waals surface area contributed by atoms with Crippen LogP contribution in [0.3, 0.4) is 0 Å². The van der Waals surface area contributed by atoms with Crippen LogP contribution in [0.25, 0.3) is 6.08 Å². The average Bonchev–Trinajstić information content (AvgIpc) is 3.21. The highest BCUT2D eigenvalue weighted by Gasteiger charge is 2.23. The molecule has 0 aromatic heterocycles. The van der Waals surface area contributed by atoms with E-state index in [2.05, 4.69) is 16.0 Å². The number of ether oxygens (including phenoxy) is 3. The third-order valence-corrected chi connectivity index (χ3v) is 9.34. The molecular weight excluding hydrogens is 703 g/mol. The SMILES string of the molecule is CCCCOC(=O)c1ccc(NC(=O)C(Sc2ccc(NC(=O)/C(=C/c3ccc(OC)c(OC)c3)NC(=O)c3ccccc3)cc2)c2ccccc2)cc1. The second kappa shape index (κ2) is 19.5. The molecule has 3 amide bonds. The topological polar surface area (TPSA) is 132 Å². The molecule has 0 saturated heterocycles. The highest BCUT2D eigenvalue weighted by Crippen LogP contribution is 2.37. The summed E-state index contributed by atoms with van der Waals surface area (Å²) in [5.74, 6) is -0.656. The van der Waals surface area contributed by atoms with Gasteiger partial charge in [0, 0.05) is 21.8 Å². The molecule has 3 N–H and O–H groups in total. The zero-order chi connectivity index (χ0) is 38.3. The monoisotopic (exact) mass is 743 g/mol. The molecule has 1 atom stereocenters. The number of esters is 1. The van der Waals surface area contributed by atoms with Crippen LogP contribution in [0.15, 0.2) is 138 Å². The van der Waals surface area contributed by atoms with E-state index in [0.29, 0.717) is 46.2 Å². The number of anilines is 2. The molecule has 5 rings (SSSR count). The van der Waals surface area contributed by atoms with E-state index >= 15 is 0 Å². The van der Waals surface area contributed by atoms with Crippen molar-refractivity contribution >= 4 is 52.9 Å². The molecule has 0 bridgehead atoms. The van der Waals surface area contributed by atoms with Gasteiger partial charge in [-0.3, -0.25) is 14.4 Å². The van der Waals surface area contributed by atoms with Crippen molar-refractivity contribution in [1.29, 1.82) is 0 Å². The summed E-state index contributed by atoms with van der Waals surface area (Å²) < 4.78 is 16.0. The van der Waals surface area contributed by atoms with E-state index in [1.807, 2.05) is 49.4 Å². The summed E-state index contributed by atoms with van der Waals surface area (Å²) in [5.41, 5.74) is 3.23. The number of hydrogen-bond acceptors (Lipinski definition) is 8. The summed E-state index contributed by atoms with van der Waals surface area (Å²) in [4.78, 5) is 53.5. The normalized spacial score (nSPS) is 11.5. The molecule has 0 radical (unpaired) electrons. The number of amides is 3. The van der Waals surface area contributed by atoms with Crippen molar-refractivity contribution in [1.82, 2.24) is 5.32 Å². The van der Waals surface area contributed by atoms with Gasteiger partial charge in [0.05, 0.1) is 26.4 Å². The number of thioether (sulfide) groups is 1. The lowest BCUT2D eigenvalue weighted by atomic mass is 10.1. The van der Waals surface area contributed by atoms with E-state index in [1.54, 1.807) is 91.0 Å². The third kappa shape index (κ3) is 10.8. The number of hydrogen-bond donors (Lipinski definition) is 3. The molecule has 1 unspecified atom stereocenters. The number of rotatable bonds is 16. The van der Waals surface area contributed by atoms with Crippen molar-refractivity contribution in [2.75, 3.05) is 31.5 Å². The van der Waals surface area contributed by atoms with Crippen molar-refractivity contribution in [3.8, 4) is 11.5 Å². The maximum absolute atomic E-state index is 13.7. The van der Waals surface area contributed by atoms with Crippen molar-refractivity contribution in [3.05, 3.63) is 155 Å². The Bertz CT molecular complexity index is 2070. The van der Waals surface area contributed by atoms with E-state index in [0.717, 1.165) is 23.3 Å². The maximum Gasteiger partial charge on any atom is 0.338 e. The van der Waals surface area contributed by atoms with Gasteiger partial charge < -0.3 is 30.2 Å². The lowest BCUT2D eigenvalue weighted by molar-refractivity contribution is -0.116. The lowest BCUT2D eigenvalue weighted by Crippen LogP contribution is -2.30. The van der Waals surface area contributed by atoms with Gasteiger partial charge in [-0.05, 0) is 96.4 Å². The molecule has 0 aliphatic rings. The molecule has 11 heteroatoms. The Morgan fingerprint density at radius 2 is 1.33 bits per heavy atom. The van der Waals surface area contributed by atoms with Crippen molar-refractivity contribution < 1.29 is 33.4 Å². The zero-order valence-electron chi connectivity index (χ0n) is 30.2. The fourth-order valence-corrected chi connectivity index (χ4v) is 6.22. The Hall–Kier alpha value is -6.33. The van der Waals surface area contributed by atoms with Crippen LogP contribution >= 0.6 is 11.8 Å². The summed E-state index contributed by atoms with van der Waals surface area (Å²) in [7, 11) is 3.05. The van der Waals surface area contributed by atoms with Crippen LogP contribution in [0.2, 0.25) is 0 Å². The first-order chi connectivity index (χ1) is 26.3. The Morgan fingerprint density at radius 1 is 0.704 bits per heavy atom. The first-order valence-corrected chi connectivity index (χ1v) is 18.2. The van der Waals surface area contributed by atoms with Crippen LogP contribution in [-0.2, 0) is 14.3 Å². The molecule has 0 fully saturated rings. The smallest absolute Gasteiger partial charge is 0.338 e. The second-order valence-corrected chi connectivity index (χ2v) is 13.1. The van der Waals surface area contributed by atoms with E-state index in [4.69, 9.17) is 14.2 Å². The van der Waals surface area contributed by atoms with Gasteiger partial charge >= 0.3 is 5.97 Å². The maximum atomic E-state index is 13.7. The highest BCUT2D eigenvalue weighted by molar-refractivity contribution is 8.00. The largest absolute Gasteiger partial charge is 0.493 e. The molecule has 0 aliphatic heterocycles. The molecule has 0 aliphatic carbocycles. The predicted octanol–water partition coefficient (Wildman–Crippen LogP) is 8.54. The summed E-state index contributed by atoms with van der Waals surface area (Å²) in [6.45, 7) is 2.39. The number of methoxy groups -OCH3 is 2. The van der Waals surface area contributed by atoms with Crippen LogP contribution < -0.4 is 25.4 Å². The number of benzene rings is 5.